The first-order valence-electron chi connectivity index (χ1n) is 6.86. The Morgan fingerprint density at radius 1 is 1.18 bits per heavy atom. The second kappa shape index (κ2) is 8.24. The van der Waals surface area contributed by atoms with Crippen molar-refractivity contribution in [1.82, 2.24) is 10.3 Å². The fraction of sp³-hybridized carbons (Fsp3) is 0.667. The van der Waals surface area contributed by atoms with Crippen molar-refractivity contribution < 1.29 is 0 Å². The monoisotopic (exact) mass is 234 g/mol. The van der Waals surface area contributed by atoms with Crippen LogP contribution in [0.5, 0.6) is 0 Å². The van der Waals surface area contributed by atoms with E-state index in [1.807, 2.05) is 12.4 Å². The average molecular weight is 234 g/mol. The van der Waals surface area contributed by atoms with Crippen LogP contribution in [0.3, 0.4) is 0 Å². The van der Waals surface area contributed by atoms with E-state index in [0.717, 1.165) is 12.3 Å². The lowest BCUT2D eigenvalue weighted by atomic mass is 9.92. The molecule has 0 aromatic carbocycles. The van der Waals surface area contributed by atoms with E-state index in [-0.39, 0.29) is 0 Å². The molecular formula is C15H26N2. The maximum Gasteiger partial charge on any atom is 0.0270 e. The minimum atomic E-state index is 0.646. The molecule has 1 aromatic rings. The highest BCUT2D eigenvalue weighted by atomic mass is 14.9. The van der Waals surface area contributed by atoms with Crippen LogP contribution in [0.1, 0.15) is 45.1 Å². The zero-order valence-electron chi connectivity index (χ0n) is 11.4. The Hall–Kier alpha value is -0.890. The number of pyridine rings is 1. The topological polar surface area (TPSA) is 24.9 Å². The summed E-state index contributed by atoms with van der Waals surface area (Å²) in [6.07, 6.45) is 10.0. The van der Waals surface area contributed by atoms with Gasteiger partial charge in [0.15, 0.2) is 0 Å². The Kier molecular flexibility index (Phi) is 6.87. The molecule has 1 unspecified atom stereocenters. The smallest absolute Gasteiger partial charge is 0.0270 e. The first-order chi connectivity index (χ1) is 8.30. The Bertz CT molecular complexity index is 280. The molecule has 0 saturated carbocycles. The highest BCUT2D eigenvalue weighted by Gasteiger charge is 2.12. The maximum atomic E-state index is 4.05. The summed E-state index contributed by atoms with van der Waals surface area (Å²) in [6.45, 7) is 4.59. The highest BCUT2D eigenvalue weighted by molar-refractivity contribution is 5.09. The first kappa shape index (κ1) is 14.2. The van der Waals surface area contributed by atoms with Gasteiger partial charge in [0.25, 0.3) is 0 Å². The molecule has 2 heteroatoms. The molecule has 1 atom stereocenters. The van der Waals surface area contributed by atoms with Crippen LogP contribution in [0.2, 0.25) is 0 Å². The summed E-state index contributed by atoms with van der Waals surface area (Å²) < 4.78 is 0. The van der Waals surface area contributed by atoms with Crippen molar-refractivity contribution in [2.75, 3.05) is 7.05 Å². The van der Waals surface area contributed by atoms with Crippen molar-refractivity contribution in [2.45, 2.75) is 52.0 Å². The van der Waals surface area contributed by atoms with Gasteiger partial charge in [0.2, 0.25) is 0 Å². The molecular weight excluding hydrogens is 208 g/mol. The van der Waals surface area contributed by atoms with Gasteiger partial charge < -0.3 is 5.32 Å². The molecule has 1 rings (SSSR count). The van der Waals surface area contributed by atoms with Crippen molar-refractivity contribution >= 4 is 0 Å². The summed E-state index contributed by atoms with van der Waals surface area (Å²) in [5, 5.41) is 3.46. The van der Waals surface area contributed by atoms with Gasteiger partial charge >= 0.3 is 0 Å². The van der Waals surface area contributed by atoms with Gasteiger partial charge in [-0.1, -0.05) is 26.7 Å². The Balaban J connectivity index is 2.37. The number of nitrogens with zero attached hydrogens (tertiary/aromatic N) is 1. The lowest BCUT2D eigenvalue weighted by Crippen LogP contribution is -2.28. The number of aryl methyl sites for hydroxylation is 1. The van der Waals surface area contributed by atoms with Crippen LogP contribution < -0.4 is 5.32 Å². The molecule has 0 fully saturated rings. The standard InChI is InChI=1S/C15H26N2/c1-4-13(5-2)12-15(16-3)7-6-14-8-10-17-11-9-14/h8-11,13,15-16H,4-7,12H2,1-3H3. The van der Waals surface area contributed by atoms with E-state index in [1.54, 1.807) is 0 Å². The maximum absolute atomic E-state index is 4.05. The predicted molar refractivity (Wildman–Crippen MR) is 74.1 cm³/mol. The molecule has 2 nitrogen and oxygen atoms in total. The number of hydrogen-bond acceptors (Lipinski definition) is 2. The van der Waals surface area contributed by atoms with Crippen LogP contribution in [0, 0.1) is 5.92 Å². The third kappa shape index (κ3) is 5.31. The largest absolute Gasteiger partial charge is 0.317 e. The molecule has 0 amide bonds. The van der Waals surface area contributed by atoms with Crippen LogP contribution in [0.4, 0.5) is 0 Å². The van der Waals surface area contributed by atoms with Crippen LogP contribution in [-0.4, -0.2) is 18.1 Å². The highest BCUT2D eigenvalue weighted by Crippen LogP contribution is 2.17. The average Bonchev–Trinajstić information content (AvgIpc) is 2.40. The van der Waals surface area contributed by atoms with Gasteiger partial charge in [-0.05, 0) is 49.9 Å². The van der Waals surface area contributed by atoms with Crippen molar-refractivity contribution in [1.29, 1.82) is 0 Å². The third-order valence-corrected chi connectivity index (χ3v) is 3.71. The molecule has 0 radical (unpaired) electrons. The molecule has 0 aliphatic rings. The van der Waals surface area contributed by atoms with Gasteiger partial charge in [-0.25, -0.2) is 0 Å². The van der Waals surface area contributed by atoms with Crippen LogP contribution in [-0.2, 0) is 6.42 Å². The number of nitrogens with one attached hydrogen (secondary N) is 1. The lowest BCUT2D eigenvalue weighted by molar-refractivity contribution is 0.366. The molecule has 17 heavy (non-hydrogen) atoms. The second-order valence-corrected chi connectivity index (χ2v) is 4.80. The predicted octanol–water partition coefficient (Wildman–Crippen LogP) is 3.43. The van der Waals surface area contributed by atoms with Gasteiger partial charge in [-0.3, -0.25) is 4.98 Å². The summed E-state index contributed by atoms with van der Waals surface area (Å²) in [4.78, 5) is 4.05. The zero-order chi connectivity index (χ0) is 12.5. The van der Waals surface area contributed by atoms with E-state index >= 15 is 0 Å². The quantitative estimate of drug-likeness (QED) is 0.745. The molecule has 0 saturated heterocycles. The summed E-state index contributed by atoms with van der Waals surface area (Å²) in [6, 6.07) is 4.88. The van der Waals surface area contributed by atoms with Crippen molar-refractivity contribution in [3.63, 3.8) is 0 Å². The molecule has 0 bridgehead atoms. The van der Waals surface area contributed by atoms with E-state index in [4.69, 9.17) is 0 Å². The summed E-state index contributed by atoms with van der Waals surface area (Å²) in [5.74, 6) is 0.866. The Morgan fingerprint density at radius 2 is 1.82 bits per heavy atom. The van der Waals surface area contributed by atoms with E-state index in [2.05, 4.69) is 43.3 Å². The van der Waals surface area contributed by atoms with E-state index in [0.29, 0.717) is 6.04 Å². The number of aromatic nitrogens is 1. The number of rotatable bonds is 8. The minimum absolute atomic E-state index is 0.646. The van der Waals surface area contributed by atoms with Gasteiger partial charge in [0, 0.05) is 18.4 Å². The van der Waals surface area contributed by atoms with E-state index in [1.165, 1.54) is 31.2 Å². The molecule has 1 N–H and O–H groups in total. The van der Waals surface area contributed by atoms with Gasteiger partial charge in [-0.2, -0.15) is 0 Å². The summed E-state index contributed by atoms with van der Waals surface area (Å²) in [5.41, 5.74) is 1.39. The van der Waals surface area contributed by atoms with Crippen LogP contribution in [0.25, 0.3) is 0 Å². The normalized spacial score (nSPS) is 12.9. The molecule has 1 aromatic heterocycles. The summed E-state index contributed by atoms with van der Waals surface area (Å²) >= 11 is 0. The van der Waals surface area contributed by atoms with Crippen molar-refractivity contribution in [2.24, 2.45) is 5.92 Å². The molecule has 0 aliphatic carbocycles. The van der Waals surface area contributed by atoms with Gasteiger partial charge in [0.1, 0.15) is 0 Å². The molecule has 1 heterocycles. The first-order valence-corrected chi connectivity index (χ1v) is 6.86. The molecule has 0 aliphatic heterocycles. The molecule has 0 spiro atoms. The van der Waals surface area contributed by atoms with Crippen molar-refractivity contribution in [3.8, 4) is 0 Å². The second-order valence-electron chi connectivity index (χ2n) is 4.80. The Morgan fingerprint density at radius 3 is 2.35 bits per heavy atom. The third-order valence-electron chi connectivity index (χ3n) is 3.71. The fourth-order valence-electron chi connectivity index (χ4n) is 2.29. The fourth-order valence-corrected chi connectivity index (χ4v) is 2.29. The Labute approximate surface area is 106 Å². The van der Waals surface area contributed by atoms with Gasteiger partial charge in [-0.15, -0.1) is 0 Å². The van der Waals surface area contributed by atoms with Crippen molar-refractivity contribution in [3.05, 3.63) is 30.1 Å². The van der Waals surface area contributed by atoms with Crippen LogP contribution in [0.15, 0.2) is 24.5 Å². The SMILES string of the molecule is CCC(CC)CC(CCc1ccncc1)NC. The van der Waals surface area contributed by atoms with E-state index in [9.17, 15) is 0 Å². The minimum Gasteiger partial charge on any atom is -0.317 e. The van der Waals surface area contributed by atoms with E-state index < -0.39 is 0 Å². The van der Waals surface area contributed by atoms with Crippen LogP contribution >= 0.6 is 0 Å². The molecule has 96 valence electrons. The van der Waals surface area contributed by atoms with Gasteiger partial charge in [0.05, 0.1) is 0 Å². The lowest BCUT2D eigenvalue weighted by Gasteiger charge is -2.21. The zero-order valence-corrected chi connectivity index (χ0v) is 11.4. The summed E-state index contributed by atoms with van der Waals surface area (Å²) in [7, 11) is 2.08. The number of hydrogen-bond donors (Lipinski definition) is 1.